The Morgan fingerprint density at radius 1 is 1.31 bits per heavy atom. The molecule has 0 radical (unpaired) electrons. The largest absolute Gasteiger partial charge is 0.416 e. The van der Waals surface area contributed by atoms with Crippen molar-refractivity contribution in [2.24, 2.45) is 0 Å². The maximum atomic E-state index is 12.6. The van der Waals surface area contributed by atoms with E-state index in [1.54, 1.807) is 14.1 Å². The van der Waals surface area contributed by atoms with Gasteiger partial charge in [-0.05, 0) is 17.7 Å². The Morgan fingerprint density at radius 2 is 1.92 bits per heavy atom. The first kappa shape index (κ1) is 19.2. The Bertz CT molecular complexity index is 896. The van der Waals surface area contributed by atoms with Gasteiger partial charge in [0.1, 0.15) is 5.69 Å². The van der Waals surface area contributed by atoms with E-state index in [0.29, 0.717) is 0 Å². The van der Waals surface area contributed by atoms with E-state index >= 15 is 0 Å². The Balaban J connectivity index is 2.24. The van der Waals surface area contributed by atoms with E-state index in [0.717, 1.165) is 18.2 Å². The predicted octanol–water partition coefficient (Wildman–Crippen LogP) is 2.73. The zero-order chi connectivity index (χ0) is 19.5. The number of carbonyl (C=O) groups excluding carboxylic acids is 1. The zero-order valence-corrected chi connectivity index (χ0v) is 14.0. The topological polar surface area (TPSA) is 89.8 Å². The number of alkyl halides is 3. The predicted molar refractivity (Wildman–Crippen MR) is 87.9 cm³/mol. The summed E-state index contributed by atoms with van der Waals surface area (Å²) in [7, 11) is 3.26. The van der Waals surface area contributed by atoms with Crippen molar-refractivity contribution in [2.75, 3.05) is 19.0 Å². The van der Waals surface area contributed by atoms with Gasteiger partial charge in [-0.25, -0.2) is 4.98 Å². The van der Waals surface area contributed by atoms with E-state index in [1.807, 2.05) is 6.07 Å². The molecule has 0 amide bonds. The van der Waals surface area contributed by atoms with Crippen molar-refractivity contribution in [2.45, 2.75) is 18.5 Å². The van der Waals surface area contributed by atoms with E-state index in [4.69, 9.17) is 0 Å². The number of aromatic amines is 1. The summed E-state index contributed by atoms with van der Waals surface area (Å²) in [6.07, 6.45) is -4.78. The second-order valence-corrected chi connectivity index (χ2v) is 5.78. The average Bonchev–Trinajstić information content (AvgIpc) is 2.58. The minimum absolute atomic E-state index is 0.107. The van der Waals surface area contributed by atoms with Crippen molar-refractivity contribution in [3.05, 3.63) is 57.5 Å². The number of halogens is 3. The molecule has 6 nitrogen and oxygen atoms in total. The Morgan fingerprint density at radius 3 is 2.42 bits per heavy atom. The van der Waals surface area contributed by atoms with Crippen LogP contribution in [0.1, 0.15) is 34.0 Å². The van der Waals surface area contributed by atoms with Crippen molar-refractivity contribution in [3.63, 3.8) is 0 Å². The number of benzene rings is 1. The molecule has 1 aromatic heterocycles. The maximum Gasteiger partial charge on any atom is 0.416 e. The second-order valence-electron chi connectivity index (χ2n) is 5.78. The fourth-order valence-electron chi connectivity index (χ4n) is 2.23. The van der Waals surface area contributed by atoms with Crippen LogP contribution in [0.3, 0.4) is 0 Å². The monoisotopic (exact) mass is 364 g/mol. The highest BCUT2D eigenvalue weighted by atomic mass is 19.4. The van der Waals surface area contributed by atoms with Crippen LogP contribution in [-0.2, 0) is 6.18 Å². The number of aromatic nitrogens is 2. The molecule has 2 rings (SSSR count). The molecule has 0 bridgehead atoms. The third-order valence-corrected chi connectivity index (χ3v) is 3.62. The summed E-state index contributed by atoms with van der Waals surface area (Å²) < 4.78 is 37.8. The molecule has 1 atom stereocenters. The maximum absolute atomic E-state index is 12.6. The minimum atomic E-state index is -4.48. The molecule has 1 aromatic carbocycles. The Kier molecular flexibility index (Phi) is 5.45. The molecule has 1 unspecified atom stereocenters. The molecule has 0 saturated carbocycles. The molecule has 136 valence electrons. The zero-order valence-electron chi connectivity index (χ0n) is 14.0. The molecule has 9 heteroatoms. The van der Waals surface area contributed by atoms with Crippen molar-refractivity contribution in [1.82, 2.24) is 9.97 Å². The molecule has 0 spiro atoms. The fourth-order valence-corrected chi connectivity index (χ4v) is 2.23. The Hall–Kier alpha value is -3.15. The number of nitrogens with zero attached hydrogens (tertiary/aromatic N) is 3. The Labute approximate surface area is 146 Å². The number of H-pyrrole nitrogens is 1. The highest BCUT2D eigenvalue weighted by Gasteiger charge is 2.30. The van der Waals surface area contributed by atoms with E-state index in [1.165, 1.54) is 17.0 Å². The van der Waals surface area contributed by atoms with Gasteiger partial charge in [-0.3, -0.25) is 14.6 Å². The van der Waals surface area contributed by atoms with Gasteiger partial charge in [0, 0.05) is 26.6 Å². The van der Waals surface area contributed by atoms with Crippen LogP contribution in [0.15, 0.2) is 35.1 Å². The highest BCUT2D eigenvalue weighted by Crippen LogP contribution is 2.30. The number of hydrogen-bond donors (Lipinski definition) is 1. The van der Waals surface area contributed by atoms with Gasteiger partial charge in [-0.2, -0.15) is 18.4 Å². The standard InChI is InChI=1S/C17H15F3N4O2/c1-24(2)16-22-13(8-15(26)23-16)14(25)7-11(9-21)10-3-5-12(6-4-10)17(18,19)20/h3-6,8,11H,7H2,1-2H3,(H,22,23,26). The summed E-state index contributed by atoms with van der Waals surface area (Å²) in [6.45, 7) is 0. The van der Waals surface area contributed by atoms with E-state index in [-0.39, 0.29) is 23.6 Å². The lowest BCUT2D eigenvalue weighted by molar-refractivity contribution is -0.137. The van der Waals surface area contributed by atoms with Gasteiger partial charge >= 0.3 is 6.18 Å². The number of nitrogens with one attached hydrogen (secondary N) is 1. The van der Waals surface area contributed by atoms with Gasteiger partial charge in [0.15, 0.2) is 5.78 Å². The van der Waals surface area contributed by atoms with Crippen LogP contribution in [-0.4, -0.2) is 29.8 Å². The summed E-state index contributed by atoms with van der Waals surface area (Å²) in [5.74, 6) is -1.32. The lowest BCUT2D eigenvalue weighted by Gasteiger charge is -2.13. The average molecular weight is 364 g/mol. The molecule has 1 heterocycles. The van der Waals surface area contributed by atoms with Crippen molar-refractivity contribution in [1.29, 1.82) is 5.26 Å². The number of ketones is 1. The molecule has 2 aromatic rings. The van der Waals surface area contributed by atoms with Gasteiger partial charge < -0.3 is 4.90 Å². The van der Waals surface area contributed by atoms with Crippen LogP contribution < -0.4 is 10.5 Å². The first-order chi connectivity index (χ1) is 12.1. The number of Topliss-reactive ketones (excluding diaryl/α,β-unsaturated/α-hetero) is 1. The third-order valence-electron chi connectivity index (χ3n) is 3.62. The van der Waals surface area contributed by atoms with Crippen molar-refractivity contribution < 1.29 is 18.0 Å². The summed E-state index contributed by atoms with van der Waals surface area (Å²) in [5.41, 5.74) is -1.18. The molecular formula is C17H15F3N4O2. The van der Waals surface area contributed by atoms with Crippen LogP contribution in [0.5, 0.6) is 0 Å². The van der Waals surface area contributed by atoms with Gasteiger partial charge in [0.05, 0.1) is 17.6 Å². The van der Waals surface area contributed by atoms with Crippen LogP contribution in [0.25, 0.3) is 0 Å². The smallest absolute Gasteiger partial charge is 0.348 e. The third kappa shape index (κ3) is 4.47. The lowest BCUT2D eigenvalue weighted by atomic mass is 9.93. The molecule has 0 aliphatic carbocycles. The van der Waals surface area contributed by atoms with Gasteiger partial charge in [-0.15, -0.1) is 0 Å². The van der Waals surface area contributed by atoms with Crippen LogP contribution in [0.2, 0.25) is 0 Å². The minimum Gasteiger partial charge on any atom is -0.348 e. The SMILES string of the molecule is CN(C)c1nc(C(=O)CC(C#N)c2ccc(C(F)(F)F)cc2)cc(=O)[nH]1. The number of nitriles is 1. The lowest BCUT2D eigenvalue weighted by Crippen LogP contribution is -2.21. The first-order valence-electron chi connectivity index (χ1n) is 7.50. The van der Waals surface area contributed by atoms with Gasteiger partial charge in [0.2, 0.25) is 5.95 Å². The molecule has 1 N–H and O–H groups in total. The van der Waals surface area contributed by atoms with Crippen LogP contribution in [0.4, 0.5) is 19.1 Å². The molecule has 26 heavy (non-hydrogen) atoms. The van der Waals surface area contributed by atoms with Crippen LogP contribution >= 0.6 is 0 Å². The van der Waals surface area contributed by atoms with E-state index in [9.17, 15) is 28.0 Å². The summed E-state index contributed by atoms with van der Waals surface area (Å²) in [4.78, 5) is 32.0. The number of hydrogen-bond acceptors (Lipinski definition) is 5. The normalized spacial score (nSPS) is 12.3. The number of carbonyl (C=O) groups is 1. The molecule has 0 aliphatic heterocycles. The second kappa shape index (κ2) is 7.39. The first-order valence-corrected chi connectivity index (χ1v) is 7.50. The molecule has 0 aliphatic rings. The molecule has 0 saturated heterocycles. The summed E-state index contributed by atoms with van der Waals surface area (Å²) >= 11 is 0. The van der Waals surface area contributed by atoms with Gasteiger partial charge in [-0.1, -0.05) is 12.1 Å². The molecular weight excluding hydrogens is 349 g/mol. The molecule has 0 fully saturated rings. The fraction of sp³-hybridized carbons (Fsp3) is 0.294. The summed E-state index contributed by atoms with van der Waals surface area (Å²) in [6, 6.07) is 6.98. The van der Waals surface area contributed by atoms with Crippen molar-refractivity contribution >= 4 is 11.7 Å². The van der Waals surface area contributed by atoms with E-state index in [2.05, 4.69) is 9.97 Å². The van der Waals surface area contributed by atoms with Crippen LogP contribution in [0, 0.1) is 11.3 Å². The van der Waals surface area contributed by atoms with Gasteiger partial charge in [0.25, 0.3) is 5.56 Å². The number of anilines is 1. The number of rotatable bonds is 5. The van der Waals surface area contributed by atoms with Crippen molar-refractivity contribution in [3.8, 4) is 6.07 Å². The van der Waals surface area contributed by atoms with E-state index < -0.39 is 29.0 Å². The quantitative estimate of drug-likeness (QED) is 0.824. The highest BCUT2D eigenvalue weighted by molar-refractivity contribution is 5.95. The summed E-state index contributed by atoms with van der Waals surface area (Å²) in [5, 5.41) is 9.28.